The second-order valence-corrected chi connectivity index (χ2v) is 7.23. The van der Waals surface area contributed by atoms with Crippen molar-refractivity contribution < 1.29 is 9.72 Å². The summed E-state index contributed by atoms with van der Waals surface area (Å²) in [6.07, 6.45) is 0. The van der Waals surface area contributed by atoms with Crippen molar-refractivity contribution in [1.82, 2.24) is 0 Å². The molecule has 0 spiro atoms. The predicted molar refractivity (Wildman–Crippen MR) is 121 cm³/mol. The van der Waals surface area contributed by atoms with Crippen molar-refractivity contribution >= 4 is 51.7 Å². The molecular weight excluding hydrogens is 406 g/mol. The molecule has 0 N–H and O–H groups in total. The Morgan fingerprint density at radius 2 is 1.87 bits per heavy atom. The lowest BCUT2D eigenvalue weighted by Crippen LogP contribution is -2.27. The first-order valence-electron chi connectivity index (χ1n) is 9.55. The molecule has 0 saturated heterocycles. The Morgan fingerprint density at radius 1 is 1.17 bits per heavy atom. The summed E-state index contributed by atoms with van der Waals surface area (Å²) in [6, 6.07) is 9.85. The standard InChI is InChI=1S/C21H22ClN5O3/c1-5-25(6-2)16-8-9-17(13(3)11-16)23-20-14(4)24-26(21(20)28)19-12-15(22)7-10-18(19)27(29)30/h7-12H,5-6H2,1-4H3. The third-order valence-electron chi connectivity index (χ3n) is 4.89. The number of hydrogen-bond acceptors (Lipinski definition) is 6. The van der Waals surface area contributed by atoms with Gasteiger partial charge < -0.3 is 4.90 Å². The number of hydrogen-bond donors (Lipinski definition) is 0. The number of benzene rings is 2. The number of anilines is 2. The Hall–Kier alpha value is -3.26. The van der Waals surface area contributed by atoms with Crippen LogP contribution in [0, 0.1) is 17.0 Å². The van der Waals surface area contributed by atoms with Gasteiger partial charge in [0.05, 0.1) is 16.3 Å². The molecule has 156 valence electrons. The van der Waals surface area contributed by atoms with Crippen molar-refractivity contribution in [3.63, 3.8) is 0 Å². The van der Waals surface area contributed by atoms with E-state index in [9.17, 15) is 14.9 Å². The van der Waals surface area contributed by atoms with E-state index in [1.165, 1.54) is 18.2 Å². The number of rotatable bonds is 6. The smallest absolute Gasteiger partial charge is 0.299 e. The van der Waals surface area contributed by atoms with Crippen molar-refractivity contribution in [1.29, 1.82) is 0 Å². The van der Waals surface area contributed by atoms with Crippen LogP contribution in [0.3, 0.4) is 0 Å². The number of nitro groups is 1. The average molecular weight is 428 g/mol. The molecular formula is C21H22ClN5O3. The summed E-state index contributed by atoms with van der Waals surface area (Å²) in [5.74, 6) is -0.537. The maximum absolute atomic E-state index is 13.0. The Kier molecular flexibility index (Phi) is 6.17. The summed E-state index contributed by atoms with van der Waals surface area (Å²) in [5.41, 5.74) is 2.91. The molecule has 0 aromatic heterocycles. The summed E-state index contributed by atoms with van der Waals surface area (Å²) < 4.78 is 0. The van der Waals surface area contributed by atoms with Crippen molar-refractivity contribution in [2.75, 3.05) is 23.0 Å². The Morgan fingerprint density at radius 3 is 2.47 bits per heavy atom. The molecule has 0 atom stereocenters. The normalized spacial score (nSPS) is 15.0. The van der Waals surface area contributed by atoms with E-state index in [0.717, 1.165) is 29.3 Å². The van der Waals surface area contributed by atoms with Crippen molar-refractivity contribution in [3.05, 3.63) is 57.1 Å². The van der Waals surface area contributed by atoms with E-state index in [1.807, 2.05) is 25.1 Å². The molecule has 1 aliphatic rings. The van der Waals surface area contributed by atoms with Gasteiger partial charge in [0.15, 0.2) is 5.71 Å². The third kappa shape index (κ3) is 4.04. The van der Waals surface area contributed by atoms with Crippen LogP contribution < -0.4 is 9.91 Å². The molecule has 0 unspecified atom stereocenters. The van der Waals surface area contributed by atoms with Crippen LogP contribution in [0.5, 0.6) is 0 Å². The Bertz CT molecular complexity index is 1080. The number of hydrazone groups is 1. The fraction of sp³-hybridized carbons (Fsp3) is 0.286. The third-order valence-corrected chi connectivity index (χ3v) is 5.13. The Balaban J connectivity index is 1.98. The minimum Gasteiger partial charge on any atom is -0.372 e. The minimum absolute atomic E-state index is 0.00986. The molecule has 0 aliphatic carbocycles. The highest BCUT2D eigenvalue weighted by Crippen LogP contribution is 2.34. The Labute approximate surface area is 179 Å². The van der Waals surface area contributed by atoms with Gasteiger partial charge in [0, 0.05) is 29.9 Å². The molecule has 30 heavy (non-hydrogen) atoms. The largest absolute Gasteiger partial charge is 0.372 e. The molecule has 1 amide bonds. The fourth-order valence-corrected chi connectivity index (χ4v) is 3.45. The number of aliphatic imine (C=N–C) groups is 1. The summed E-state index contributed by atoms with van der Waals surface area (Å²) in [5, 5.41) is 16.8. The topological polar surface area (TPSA) is 91.4 Å². The fourth-order valence-electron chi connectivity index (χ4n) is 3.28. The molecule has 1 heterocycles. The van der Waals surface area contributed by atoms with E-state index in [2.05, 4.69) is 28.8 Å². The van der Waals surface area contributed by atoms with Gasteiger partial charge in [-0.1, -0.05) is 11.6 Å². The van der Waals surface area contributed by atoms with E-state index in [1.54, 1.807) is 6.92 Å². The first kappa shape index (κ1) is 21.4. The van der Waals surface area contributed by atoms with Crippen LogP contribution in [0.15, 0.2) is 46.5 Å². The molecule has 2 aromatic rings. The highest BCUT2D eigenvalue weighted by atomic mass is 35.5. The predicted octanol–water partition coefficient (Wildman–Crippen LogP) is 4.90. The van der Waals surface area contributed by atoms with Gasteiger partial charge in [0.1, 0.15) is 5.69 Å². The molecule has 0 radical (unpaired) electrons. The zero-order valence-corrected chi connectivity index (χ0v) is 18.0. The number of halogens is 1. The van der Waals surface area contributed by atoms with Crippen LogP contribution in [0.4, 0.5) is 22.7 Å². The average Bonchev–Trinajstić information content (AvgIpc) is 2.98. The molecule has 0 bridgehead atoms. The minimum atomic E-state index is -0.574. The number of amides is 1. The molecule has 0 fully saturated rings. The van der Waals surface area contributed by atoms with Gasteiger partial charge in [0.25, 0.3) is 11.6 Å². The summed E-state index contributed by atoms with van der Waals surface area (Å²) in [4.78, 5) is 30.5. The maximum Gasteiger partial charge on any atom is 0.299 e. The van der Waals surface area contributed by atoms with Gasteiger partial charge >= 0.3 is 0 Å². The monoisotopic (exact) mass is 427 g/mol. The molecule has 9 heteroatoms. The molecule has 2 aromatic carbocycles. The number of aryl methyl sites for hydroxylation is 1. The maximum atomic E-state index is 13.0. The van der Waals surface area contributed by atoms with Crippen LogP contribution >= 0.6 is 11.6 Å². The summed E-state index contributed by atoms with van der Waals surface area (Å²) >= 11 is 5.99. The zero-order chi connectivity index (χ0) is 22.0. The molecule has 0 saturated carbocycles. The van der Waals surface area contributed by atoms with Crippen LogP contribution in [0.1, 0.15) is 26.3 Å². The van der Waals surface area contributed by atoms with Crippen LogP contribution in [-0.2, 0) is 4.79 Å². The highest BCUT2D eigenvalue weighted by Gasteiger charge is 2.34. The lowest BCUT2D eigenvalue weighted by molar-refractivity contribution is -0.384. The quantitative estimate of drug-likeness (QED) is 0.484. The van der Waals surface area contributed by atoms with E-state index in [0.29, 0.717) is 11.4 Å². The van der Waals surface area contributed by atoms with Gasteiger partial charge in [-0.25, -0.2) is 4.99 Å². The van der Waals surface area contributed by atoms with E-state index < -0.39 is 10.8 Å². The van der Waals surface area contributed by atoms with Gasteiger partial charge in [0.2, 0.25) is 0 Å². The lowest BCUT2D eigenvalue weighted by atomic mass is 10.1. The van der Waals surface area contributed by atoms with E-state index in [-0.39, 0.29) is 22.1 Å². The first-order valence-corrected chi connectivity index (χ1v) is 9.92. The van der Waals surface area contributed by atoms with Gasteiger partial charge in [-0.05, 0) is 63.6 Å². The molecule has 8 nitrogen and oxygen atoms in total. The second kappa shape index (κ2) is 8.62. The number of nitro benzene ring substituents is 1. The second-order valence-electron chi connectivity index (χ2n) is 6.80. The van der Waals surface area contributed by atoms with Crippen LogP contribution in [-0.4, -0.2) is 35.3 Å². The summed E-state index contributed by atoms with van der Waals surface area (Å²) in [7, 11) is 0. The van der Waals surface area contributed by atoms with Crippen molar-refractivity contribution in [3.8, 4) is 0 Å². The first-order chi connectivity index (χ1) is 14.3. The van der Waals surface area contributed by atoms with Crippen LogP contribution in [0.25, 0.3) is 0 Å². The van der Waals surface area contributed by atoms with Gasteiger partial charge in [-0.2, -0.15) is 10.1 Å². The van der Waals surface area contributed by atoms with Gasteiger partial charge in [-0.3, -0.25) is 14.9 Å². The number of nitrogens with zero attached hydrogens (tertiary/aromatic N) is 5. The zero-order valence-electron chi connectivity index (χ0n) is 17.2. The van der Waals surface area contributed by atoms with Gasteiger partial charge in [-0.15, -0.1) is 0 Å². The van der Waals surface area contributed by atoms with Crippen molar-refractivity contribution in [2.45, 2.75) is 27.7 Å². The van der Waals surface area contributed by atoms with E-state index >= 15 is 0 Å². The number of carbonyl (C=O) groups excluding carboxylic acids is 1. The van der Waals surface area contributed by atoms with Crippen LogP contribution in [0.2, 0.25) is 5.02 Å². The number of carbonyl (C=O) groups is 1. The molecule has 1 aliphatic heterocycles. The van der Waals surface area contributed by atoms with E-state index in [4.69, 9.17) is 11.6 Å². The summed E-state index contributed by atoms with van der Waals surface area (Å²) in [6.45, 7) is 9.54. The van der Waals surface area contributed by atoms with Crippen molar-refractivity contribution in [2.24, 2.45) is 10.1 Å². The highest BCUT2D eigenvalue weighted by molar-refractivity contribution is 6.71. The molecule has 3 rings (SSSR count). The lowest BCUT2D eigenvalue weighted by Gasteiger charge is -2.21. The SMILES string of the molecule is CCN(CC)c1ccc(N=C2C(=O)N(c3cc(Cl)ccc3[N+](=O)[O-])N=C2C)c(C)c1.